The van der Waals surface area contributed by atoms with E-state index in [9.17, 15) is 14.7 Å². The monoisotopic (exact) mass is 558 g/mol. The molecule has 0 bridgehead atoms. The molecule has 0 radical (unpaired) electrons. The summed E-state index contributed by atoms with van der Waals surface area (Å²) in [7, 11) is 0. The number of nitrogens with zero attached hydrogens (tertiary/aromatic N) is 2. The molecule has 212 valence electrons. The SMILES string of the molecule is Cc1cccc(C2/C(=C(/O)c3ccc(OCc4ccccc4)c(C)c3)C(=O)C(=O)N2c2ccc(N3CCCC3)cc2)c1. The zero-order valence-corrected chi connectivity index (χ0v) is 23.9. The standard InChI is InChI=1S/C36H34N2O4/c1-24-9-8-12-27(21-24)33-32(34(39)28-13-18-31(25(2)22-28)42-23-26-10-4-3-5-11-26)35(40)36(41)38(33)30-16-14-29(15-17-30)37-19-6-7-20-37/h3-5,8-18,21-22,33,39H,6-7,19-20,23H2,1-2H3/b34-32-. The third-order valence-corrected chi connectivity index (χ3v) is 8.09. The fourth-order valence-corrected chi connectivity index (χ4v) is 5.90. The van der Waals surface area contributed by atoms with E-state index in [2.05, 4.69) is 4.90 Å². The molecule has 1 amide bonds. The number of benzene rings is 4. The first-order chi connectivity index (χ1) is 20.4. The third kappa shape index (κ3) is 5.28. The van der Waals surface area contributed by atoms with Crippen molar-refractivity contribution in [3.05, 3.63) is 130 Å². The number of carbonyl (C=O) groups is 2. The molecule has 6 nitrogen and oxygen atoms in total. The van der Waals surface area contributed by atoms with Gasteiger partial charge in [0.1, 0.15) is 18.1 Å². The minimum absolute atomic E-state index is 0.0755. The molecule has 0 saturated carbocycles. The van der Waals surface area contributed by atoms with E-state index in [0.717, 1.165) is 41.0 Å². The molecule has 4 aromatic carbocycles. The van der Waals surface area contributed by atoms with Gasteiger partial charge in [-0.25, -0.2) is 0 Å². The number of ether oxygens (including phenoxy) is 1. The topological polar surface area (TPSA) is 70.1 Å². The Bertz CT molecular complexity index is 1650. The maximum absolute atomic E-state index is 13.6. The molecule has 6 heteroatoms. The van der Waals surface area contributed by atoms with Crippen LogP contribution in [-0.2, 0) is 16.2 Å². The first kappa shape index (κ1) is 27.3. The molecule has 0 aliphatic carbocycles. The highest BCUT2D eigenvalue weighted by Crippen LogP contribution is 2.43. The van der Waals surface area contributed by atoms with Crippen molar-refractivity contribution in [3.63, 3.8) is 0 Å². The van der Waals surface area contributed by atoms with Crippen LogP contribution in [0.2, 0.25) is 0 Å². The van der Waals surface area contributed by atoms with Crippen LogP contribution in [0, 0.1) is 13.8 Å². The molecule has 1 atom stereocenters. The summed E-state index contributed by atoms with van der Waals surface area (Å²) < 4.78 is 6.02. The highest BCUT2D eigenvalue weighted by atomic mass is 16.5. The van der Waals surface area contributed by atoms with Crippen LogP contribution in [0.15, 0.2) is 103 Å². The number of Topliss-reactive ketones (excluding diaryl/α,β-unsaturated/α-hetero) is 1. The Morgan fingerprint density at radius 2 is 1.55 bits per heavy atom. The summed E-state index contributed by atoms with van der Waals surface area (Å²) in [6.07, 6.45) is 2.34. The average molecular weight is 559 g/mol. The molecule has 2 aliphatic heterocycles. The average Bonchev–Trinajstić information content (AvgIpc) is 3.64. The lowest BCUT2D eigenvalue weighted by Gasteiger charge is -2.26. The van der Waals surface area contributed by atoms with Crippen molar-refractivity contribution in [2.75, 3.05) is 22.9 Å². The van der Waals surface area contributed by atoms with Gasteiger partial charge >= 0.3 is 0 Å². The van der Waals surface area contributed by atoms with E-state index in [4.69, 9.17) is 4.74 Å². The Morgan fingerprint density at radius 1 is 0.833 bits per heavy atom. The highest BCUT2D eigenvalue weighted by Gasteiger charge is 2.47. The summed E-state index contributed by atoms with van der Waals surface area (Å²) in [5.74, 6) is -0.876. The molecule has 1 unspecified atom stereocenters. The van der Waals surface area contributed by atoms with Crippen LogP contribution >= 0.6 is 0 Å². The zero-order chi connectivity index (χ0) is 29.2. The second-order valence-electron chi connectivity index (χ2n) is 11.0. The van der Waals surface area contributed by atoms with Crippen LogP contribution in [-0.4, -0.2) is 29.9 Å². The molecule has 6 rings (SSSR count). The Labute approximate surface area is 246 Å². The van der Waals surface area contributed by atoms with Crippen LogP contribution < -0.4 is 14.5 Å². The van der Waals surface area contributed by atoms with Crippen molar-refractivity contribution < 1.29 is 19.4 Å². The van der Waals surface area contributed by atoms with Crippen molar-refractivity contribution in [2.45, 2.75) is 39.3 Å². The van der Waals surface area contributed by atoms with Crippen molar-refractivity contribution in [3.8, 4) is 5.75 Å². The number of anilines is 2. The van der Waals surface area contributed by atoms with Crippen molar-refractivity contribution >= 4 is 28.8 Å². The van der Waals surface area contributed by atoms with Gasteiger partial charge in [0.15, 0.2) is 0 Å². The van der Waals surface area contributed by atoms with Gasteiger partial charge in [-0.3, -0.25) is 14.5 Å². The lowest BCUT2D eigenvalue weighted by molar-refractivity contribution is -0.132. The summed E-state index contributed by atoms with van der Waals surface area (Å²) in [5, 5.41) is 11.6. The number of hydrogen-bond donors (Lipinski definition) is 1. The molecule has 0 spiro atoms. The van der Waals surface area contributed by atoms with Crippen LogP contribution in [0.5, 0.6) is 5.75 Å². The summed E-state index contributed by atoms with van der Waals surface area (Å²) in [6.45, 7) is 6.32. The smallest absolute Gasteiger partial charge is 0.300 e. The number of amides is 1. The van der Waals surface area contributed by atoms with E-state index in [0.29, 0.717) is 23.6 Å². The van der Waals surface area contributed by atoms with Gasteiger partial charge in [-0.05, 0) is 85.8 Å². The van der Waals surface area contributed by atoms with Crippen LogP contribution in [0.25, 0.3) is 5.76 Å². The van der Waals surface area contributed by atoms with Crippen LogP contribution in [0.4, 0.5) is 11.4 Å². The number of carbonyl (C=O) groups excluding carboxylic acids is 2. The quantitative estimate of drug-likeness (QED) is 0.149. The molecule has 2 aliphatic rings. The first-order valence-electron chi connectivity index (χ1n) is 14.4. The Morgan fingerprint density at radius 3 is 2.24 bits per heavy atom. The van der Waals surface area contributed by atoms with Crippen LogP contribution in [0.3, 0.4) is 0 Å². The second-order valence-corrected chi connectivity index (χ2v) is 11.0. The van der Waals surface area contributed by atoms with Gasteiger partial charge in [-0.15, -0.1) is 0 Å². The Kier molecular flexibility index (Phi) is 7.53. The van der Waals surface area contributed by atoms with E-state index < -0.39 is 17.7 Å². The summed E-state index contributed by atoms with van der Waals surface area (Å²) in [4.78, 5) is 31.1. The Hall–Kier alpha value is -4.84. The summed E-state index contributed by atoms with van der Waals surface area (Å²) >= 11 is 0. The van der Waals surface area contributed by atoms with Gasteiger partial charge in [-0.2, -0.15) is 0 Å². The van der Waals surface area contributed by atoms with Gasteiger partial charge < -0.3 is 14.7 Å². The third-order valence-electron chi connectivity index (χ3n) is 8.09. The first-order valence-corrected chi connectivity index (χ1v) is 14.4. The Balaban J connectivity index is 1.37. The maximum Gasteiger partial charge on any atom is 0.300 e. The maximum atomic E-state index is 13.6. The molecular weight excluding hydrogens is 524 g/mol. The molecule has 2 heterocycles. The highest BCUT2D eigenvalue weighted by molar-refractivity contribution is 6.51. The van der Waals surface area contributed by atoms with Gasteiger partial charge in [0.05, 0.1) is 11.6 Å². The van der Waals surface area contributed by atoms with E-state index in [1.165, 1.54) is 17.7 Å². The van der Waals surface area contributed by atoms with E-state index in [-0.39, 0.29) is 11.3 Å². The molecule has 2 saturated heterocycles. The van der Waals surface area contributed by atoms with Crippen LogP contribution in [0.1, 0.15) is 46.7 Å². The normalized spacial score (nSPS) is 18.1. The minimum Gasteiger partial charge on any atom is -0.507 e. The lowest BCUT2D eigenvalue weighted by Crippen LogP contribution is -2.29. The number of aliphatic hydroxyl groups excluding tert-OH is 1. The lowest BCUT2D eigenvalue weighted by atomic mass is 9.94. The van der Waals surface area contributed by atoms with E-state index >= 15 is 0 Å². The number of rotatable bonds is 7. The molecule has 2 fully saturated rings. The fraction of sp³-hybridized carbons (Fsp3) is 0.222. The van der Waals surface area contributed by atoms with Gasteiger partial charge in [0.2, 0.25) is 0 Å². The van der Waals surface area contributed by atoms with Crippen molar-refractivity contribution in [2.24, 2.45) is 0 Å². The molecule has 4 aromatic rings. The zero-order valence-electron chi connectivity index (χ0n) is 23.9. The predicted octanol–water partition coefficient (Wildman–Crippen LogP) is 7.11. The molecule has 42 heavy (non-hydrogen) atoms. The number of aryl methyl sites for hydroxylation is 2. The van der Waals surface area contributed by atoms with Gasteiger partial charge in [0, 0.05) is 30.0 Å². The minimum atomic E-state index is -0.767. The fourth-order valence-electron chi connectivity index (χ4n) is 5.90. The van der Waals surface area contributed by atoms with E-state index in [1.807, 2.05) is 92.7 Å². The summed E-state index contributed by atoms with van der Waals surface area (Å²) in [6, 6.07) is 30.0. The molecule has 1 N–H and O–H groups in total. The van der Waals surface area contributed by atoms with Gasteiger partial charge in [-0.1, -0.05) is 60.2 Å². The van der Waals surface area contributed by atoms with E-state index in [1.54, 1.807) is 18.2 Å². The number of hydrogen-bond acceptors (Lipinski definition) is 5. The largest absolute Gasteiger partial charge is 0.507 e. The number of ketones is 1. The predicted molar refractivity (Wildman–Crippen MR) is 166 cm³/mol. The molecular formula is C36H34N2O4. The molecule has 0 aromatic heterocycles. The van der Waals surface area contributed by atoms with Crippen molar-refractivity contribution in [1.29, 1.82) is 0 Å². The van der Waals surface area contributed by atoms with Crippen molar-refractivity contribution in [1.82, 2.24) is 0 Å². The number of aliphatic hydroxyl groups is 1. The van der Waals surface area contributed by atoms with Gasteiger partial charge in [0.25, 0.3) is 11.7 Å². The second kappa shape index (κ2) is 11.6. The summed E-state index contributed by atoms with van der Waals surface area (Å²) in [5.41, 5.74) is 5.88.